The molecule has 0 aliphatic carbocycles. The van der Waals surface area contributed by atoms with Crippen LogP contribution in [0.5, 0.6) is 0 Å². The molecular weight excluding hydrogens is 226 g/mol. The summed E-state index contributed by atoms with van der Waals surface area (Å²) < 4.78 is 0. The summed E-state index contributed by atoms with van der Waals surface area (Å²) in [5, 5.41) is 13.3. The van der Waals surface area contributed by atoms with E-state index in [4.69, 9.17) is 0 Å². The fourth-order valence-electron chi connectivity index (χ4n) is 1.78. The van der Waals surface area contributed by atoms with Crippen LogP contribution < -0.4 is 5.32 Å². The van der Waals surface area contributed by atoms with Crippen molar-refractivity contribution in [1.82, 2.24) is 15.1 Å². The van der Waals surface area contributed by atoms with E-state index in [2.05, 4.69) is 56.9 Å². The minimum atomic E-state index is -0.288. The number of nitrogens with one attached hydrogen (secondary N) is 1. The molecule has 0 saturated carbocycles. The summed E-state index contributed by atoms with van der Waals surface area (Å²) in [6, 6.07) is 0. The molecule has 0 aromatic carbocycles. The first kappa shape index (κ1) is 17.8. The van der Waals surface area contributed by atoms with Gasteiger partial charge in [0.1, 0.15) is 0 Å². The molecule has 0 fully saturated rings. The van der Waals surface area contributed by atoms with Gasteiger partial charge in [-0.3, -0.25) is 0 Å². The normalized spacial score (nSPS) is 14.5. The maximum Gasteiger partial charge on any atom is 0.0791 e. The average Bonchev–Trinajstić information content (AvgIpc) is 2.23. The topological polar surface area (TPSA) is 38.7 Å². The second-order valence-electron chi connectivity index (χ2n) is 6.33. The molecule has 0 bridgehead atoms. The Kier molecular flexibility index (Phi) is 8.78. The standard InChI is InChI=1S/C14H33N3O/c1-7-17(10-8-9-16(5)6)12-13(18)11-15-14(2,3)4/h13,15,18H,7-12H2,1-6H3. The van der Waals surface area contributed by atoms with Gasteiger partial charge in [0.15, 0.2) is 0 Å². The van der Waals surface area contributed by atoms with E-state index in [0.29, 0.717) is 6.54 Å². The van der Waals surface area contributed by atoms with E-state index in [1.807, 2.05) is 0 Å². The predicted octanol–water partition coefficient (Wildman–Crippen LogP) is 1.01. The lowest BCUT2D eigenvalue weighted by molar-refractivity contribution is 0.106. The van der Waals surface area contributed by atoms with Gasteiger partial charge < -0.3 is 20.2 Å². The first-order valence-corrected chi connectivity index (χ1v) is 7.04. The summed E-state index contributed by atoms with van der Waals surface area (Å²) in [6.07, 6.45) is 0.865. The van der Waals surface area contributed by atoms with Gasteiger partial charge in [-0.05, 0) is 60.9 Å². The van der Waals surface area contributed by atoms with Crippen LogP contribution in [0, 0.1) is 0 Å². The second kappa shape index (κ2) is 8.86. The molecule has 0 saturated heterocycles. The second-order valence-corrected chi connectivity index (χ2v) is 6.33. The Balaban J connectivity index is 3.82. The van der Waals surface area contributed by atoms with Crippen molar-refractivity contribution in [3.05, 3.63) is 0 Å². The molecule has 0 amide bonds. The van der Waals surface area contributed by atoms with Crippen molar-refractivity contribution in [2.45, 2.75) is 45.8 Å². The molecule has 1 atom stereocenters. The molecule has 1 unspecified atom stereocenters. The quantitative estimate of drug-likeness (QED) is 0.648. The highest BCUT2D eigenvalue weighted by Gasteiger charge is 2.14. The molecule has 18 heavy (non-hydrogen) atoms. The van der Waals surface area contributed by atoms with Crippen LogP contribution in [0.2, 0.25) is 0 Å². The summed E-state index contributed by atoms with van der Waals surface area (Å²) in [7, 11) is 4.19. The zero-order chi connectivity index (χ0) is 14.2. The van der Waals surface area contributed by atoms with Gasteiger partial charge in [0.2, 0.25) is 0 Å². The molecule has 0 aliphatic rings. The van der Waals surface area contributed by atoms with Crippen LogP contribution in [-0.4, -0.2) is 73.4 Å². The molecule has 0 radical (unpaired) electrons. The number of rotatable bonds is 9. The largest absolute Gasteiger partial charge is 0.390 e. The highest BCUT2D eigenvalue weighted by atomic mass is 16.3. The van der Waals surface area contributed by atoms with Gasteiger partial charge in [0, 0.05) is 18.6 Å². The van der Waals surface area contributed by atoms with E-state index in [0.717, 1.165) is 32.6 Å². The minimum Gasteiger partial charge on any atom is -0.390 e. The molecule has 4 heteroatoms. The number of aliphatic hydroxyl groups excluding tert-OH is 1. The third kappa shape index (κ3) is 11.0. The molecule has 0 aromatic rings. The molecule has 110 valence electrons. The van der Waals surface area contributed by atoms with Gasteiger partial charge in [-0.25, -0.2) is 0 Å². The Morgan fingerprint density at radius 3 is 2.22 bits per heavy atom. The molecule has 0 heterocycles. The molecule has 0 rings (SSSR count). The predicted molar refractivity (Wildman–Crippen MR) is 79.0 cm³/mol. The lowest BCUT2D eigenvalue weighted by Gasteiger charge is -2.27. The Bertz CT molecular complexity index is 202. The van der Waals surface area contributed by atoms with Crippen molar-refractivity contribution in [1.29, 1.82) is 0 Å². The molecule has 0 aromatic heterocycles. The Hall–Kier alpha value is -0.160. The van der Waals surface area contributed by atoms with Crippen LogP contribution >= 0.6 is 0 Å². The number of likely N-dealkylation sites (N-methyl/N-ethyl adjacent to an activating group) is 1. The van der Waals surface area contributed by atoms with E-state index in [9.17, 15) is 5.11 Å². The van der Waals surface area contributed by atoms with Gasteiger partial charge in [-0.15, -0.1) is 0 Å². The molecular formula is C14H33N3O. The van der Waals surface area contributed by atoms with E-state index in [1.165, 1.54) is 0 Å². The smallest absolute Gasteiger partial charge is 0.0791 e. The average molecular weight is 259 g/mol. The van der Waals surface area contributed by atoms with Crippen molar-refractivity contribution in [3.8, 4) is 0 Å². The number of β-amino-alcohol motifs (C(OH)–C–C–N with tert-alkyl or cyclic N) is 1. The maximum absolute atomic E-state index is 10.0. The Morgan fingerprint density at radius 1 is 1.17 bits per heavy atom. The number of nitrogens with zero attached hydrogens (tertiary/aromatic N) is 2. The van der Waals surface area contributed by atoms with Gasteiger partial charge >= 0.3 is 0 Å². The summed E-state index contributed by atoms with van der Waals surface area (Å²) in [5.41, 5.74) is 0.0724. The van der Waals surface area contributed by atoms with E-state index >= 15 is 0 Å². The molecule has 0 spiro atoms. The first-order valence-electron chi connectivity index (χ1n) is 7.04. The SMILES string of the molecule is CCN(CCCN(C)C)CC(O)CNC(C)(C)C. The van der Waals surface area contributed by atoms with Gasteiger partial charge in [0.05, 0.1) is 6.10 Å². The fourth-order valence-corrected chi connectivity index (χ4v) is 1.78. The summed E-state index contributed by atoms with van der Waals surface area (Å²) in [4.78, 5) is 4.52. The van der Waals surface area contributed by atoms with Crippen LogP contribution in [0.4, 0.5) is 0 Å². The highest BCUT2D eigenvalue weighted by Crippen LogP contribution is 2.00. The summed E-state index contributed by atoms with van der Waals surface area (Å²) >= 11 is 0. The van der Waals surface area contributed by atoms with E-state index in [-0.39, 0.29) is 11.6 Å². The summed E-state index contributed by atoms with van der Waals surface area (Å²) in [6.45, 7) is 13.1. The lowest BCUT2D eigenvalue weighted by atomic mass is 10.1. The molecule has 4 nitrogen and oxygen atoms in total. The summed E-state index contributed by atoms with van der Waals surface area (Å²) in [5.74, 6) is 0. The number of hydrogen-bond acceptors (Lipinski definition) is 4. The van der Waals surface area contributed by atoms with Crippen molar-refractivity contribution in [2.24, 2.45) is 0 Å². The van der Waals surface area contributed by atoms with Crippen LogP contribution in [0.1, 0.15) is 34.1 Å². The van der Waals surface area contributed by atoms with Crippen LogP contribution in [0.3, 0.4) is 0 Å². The van der Waals surface area contributed by atoms with Crippen molar-refractivity contribution >= 4 is 0 Å². The van der Waals surface area contributed by atoms with E-state index < -0.39 is 0 Å². The third-order valence-corrected chi connectivity index (χ3v) is 2.86. The monoisotopic (exact) mass is 259 g/mol. The Labute approximate surface area is 113 Å². The minimum absolute atomic E-state index is 0.0724. The van der Waals surface area contributed by atoms with Gasteiger partial charge in [-0.1, -0.05) is 6.92 Å². The van der Waals surface area contributed by atoms with Crippen LogP contribution in [0.25, 0.3) is 0 Å². The van der Waals surface area contributed by atoms with Crippen LogP contribution in [-0.2, 0) is 0 Å². The maximum atomic E-state index is 10.0. The highest BCUT2D eigenvalue weighted by molar-refractivity contribution is 4.74. The van der Waals surface area contributed by atoms with Crippen LogP contribution in [0.15, 0.2) is 0 Å². The first-order chi connectivity index (χ1) is 8.24. The van der Waals surface area contributed by atoms with Crippen molar-refractivity contribution in [3.63, 3.8) is 0 Å². The van der Waals surface area contributed by atoms with Crippen molar-refractivity contribution in [2.75, 3.05) is 46.8 Å². The lowest BCUT2D eigenvalue weighted by Crippen LogP contribution is -2.45. The fraction of sp³-hybridized carbons (Fsp3) is 1.00. The Morgan fingerprint density at radius 2 is 1.78 bits per heavy atom. The number of hydrogen-bond donors (Lipinski definition) is 2. The zero-order valence-electron chi connectivity index (χ0n) is 13.2. The molecule has 0 aliphatic heterocycles. The molecule has 2 N–H and O–H groups in total. The van der Waals surface area contributed by atoms with Gasteiger partial charge in [0.25, 0.3) is 0 Å². The van der Waals surface area contributed by atoms with E-state index in [1.54, 1.807) is 0 Å². The zero-order valence-corrected chi connectivity index (χ0v) is 13.2. The van der Waals surface area contributed by atoms with Gasteiger partial charge in [-0.2, -0.15) is 0 Å². The number of aliphatic hydroxyl groups is 1. The van der Waals surface area contributed by atoms with Crippen molar-refractivity contribution < 1.29 is 5.11 Å². The third-order valence-electron chi connectivity index (χ3n) is 2.86.